The lowest BCUT2D eigenvalue weighted by molar-refractivity contribution is -0.167. The first-order valence-electron chi connectivity index (χ1n) is 33.7. The van der Waals surface area contributed by atoms with E-state index in [1.54, 1.807) is 0 Å². The molecule has 0 aliphatic heterocycles. The van der Waals surface area contributed by atoms with Gasteiger partial charge in [-0.25, -0.2) is 0 Å². The van der Waals surface area contributed by atoms with Crippen molar-refractivity contribution in [3.05, 3.63) is 97.2 Å². The van der Waals surface area contributed by atoms with Gasteiger partial charge in [-0.2, -0.15) is 0 Å². The second-order valence-corrected chi connectivity index (χ2v) is 22.4. The second-order valence-electron chi connectivity index (χ2n) is 22.4. The van der Waals surface area contributed by atoms with Gasteiger partial charge in [-0.15, -0.1) is 0 Å². The molecule has 454 valence electrons. The van der Waals surface area contributed by atoms with Gasteiger partial charge in [0.2, 0.25) is 0 Å². The maximum atomic E-state index is 12.9. The monoisotopic (exact) mass is 1100 g/mol. The molecule has 0 amide bonds. The summed E-state index contributed by atoms with van der Waals surface area (Å²) in [7, 11) is 0. The molecule has 6 heteroatoms. The molecule has 0 rings (SSSR count). The lowest BCUT2D eigenvalue weighted by Gasteiger charge is -2.18. The van der Waals surface area contributed by atoms with Gasteiger partial charge in [0.05, 0.1) is 0 Å². The number of hydrogen-bond donors (Lipinski definition) is 0. The maximum absolute atomic E-state index is 12.9. The van der Waals surface area contributed by atoms with Crippen LogP contribution in [0.3, 0.4) is 0 Å². The molecule has 0 saturated heterocycles. The highest BCUT2D eigenvalue weighted by atomic mass is 16.6. The highest BCUT2D eigenvalue weighted by molar-refractivity contribution is 5.71. The summed E-state index contributed by atoms with van der Waals surface area (Å²) >= 11 is 0. The van der Waals surface area contributed by atoms with Gasteiger partial charge < -0.3 is 14.2 Å². The molecule has 0 aromatic heterocycles. The number of carbonyl (C=O) groups is 3. The molecule has 0 spiro atoms. The Bertz CT molecular complexity index is 1540. The fraction of sp³-hybridized carbons (Fsp3) is 0.740. The van der Waals surface area contributed by atoms with Crippen molar-refractivity contribution in [2.24, 2.45) is 0 Å². The highest BCUT2D eigenvalue weighted by Crippen LogP contribution is 2.17. The van der Waals surface area contributed by atoms with Gasteiger partial charge in [0, 0.05) is 19.3 Å². The van der Waals surface area contributed by atoms with Crippen LogP contribution in [-0.2, 0) is 28.6 Å². The molecule has 0 aromatic rings. The topological polar surface area (TPSA) is 78.9 Å². The standard InChI is InChI=1S/C73H126O6/c1-4-7-10-13-16-18-20-22-24-26-28-30-32-33-34-35-36-37-38-39-41-42-44-46-48-50-52-54-57-60-63-66-72(75)78-69-70(68-77-71(74)65-62-59-56-15-12-9-6-3)79-73(76)67-64-61-58-55-53-51-49-47-45-43-40-31-29-27-25-23-21-19-17-14-11-8-5-2/h7,10,16,18,21-24,27-30,33-34,36-37,70H,4-6,8-9,11-15,17,19-20,25-26,31-32,35,38-69H2,1-3H3/b10-7-,18-16-,23-21-,24-22-,29-27-,30-28-,34-33-,37-36-. The van der Waals surface area contributed by atoms with E-state index < -0.39 is 6.10 Å². The van der Waals surface area contributed by atoms with Gasteiger partial charge in [-0.05, 0) is 103 Å². The van der Waals surface area contributed by atoms with Crippen LogP contribution in [-0.4, -0.2) is 37.2 Å². The van der Waals surface area contributed by atoms with E-state index in [0.717, 1.165) is 103 Å². The van der Waals surface area contributed by atoms with E-state index in [4.69, 9.17) is 14.2 Å². The third-order valence-electron chi connectivity index (χ3n) is 14.6. The number of unbranched alkanes of at least 4 members (excludes halogenated alkanes) is 34. The van der Waals surface area contributed by atoms with Crippen LogP contribution in [0.2, 0.25) is 0 Å². The molecule has 0 aliphatic rings. The summed E-state index contributed by atoms with van der Waals surface area (Å²) in [5.74, 6) is -0.875. The SMILES string of the molecule is CC/C=C\C/C=C\C/C=C\C/C=C\C/C=C\C/C=C\CCCCCCCCCCCCCCC(=O)OCC(COC(=O)CCCCCCCCC)OC(=O)CCCCCCCCCCCCC/C=C\C/C=C\CCCCCCC. The number of ether oxygens (including phenoxy) is 3. The first kappa shape index (κ1) is 75.3. The Kier molecular flexibility index (Phi) is 63.7. The Morgan fingerprint density at radius 2 is 0.494 bits per heavy atom. The van der Waals surface area contributed by atoms with Crippen LogP contribution in [0.4, 0.5) is 0 Å². The first-order valence-corrected chi connectivity index (χ1v) is 33.7. The molecule has 6 nitrogen and oxygen atoms in total. The number of allylic oxidation sites excluding steroid dienone is 16. The molecule has 0 radical (unpaired) electrons. The second kappa shape index (κ2) is 66.8. The largest absolute Gasteiger partial charge is 0.462 e. The summed E-state index contributed by atoms with van der Waals surface area (Å²) in [5, 5.41) is 0. The molecule has 0 fully saturated rings. The molecule has 0 N–H and O–H groups in total. The van der Waals surface area contributed by atoms with Crippen molar-refractivity contribution in [1.29, 1.82) is 0 Å². The maximum Gasteiger partial charge on any atom is 0.306 e. The van der Waals surface area contributed by atoms with Crippen molar-refractivity contribution in [3.8, 4) is 0 Å². The zero-order chi connectivity index (χ0) is 57.1. The molecule has 0 bridgehead atoms. The minimum atomic E-state index is -0.777. The minimum Gasteiger partial charge on any atom is -0.462 e. The van der Waals surface area contributed by atoms with Crippen LogP contribution in [0, 0.1) is 0 Å². The van der Waals surface area contributed by atoms with Crippen molar-refractivity contribution in [2.75, 3.05) is 13.2 Å². The summed E-state index contributed by atoms with van der Waals surface area (Å²) in [6, 6.07) is 0. The van der Waals surface area contributed by atoms with Crippen LogP contribution >= 0.6 is 0 Å². The predicted molar refractivity (Wildman–Crippen MR) is 344 cm³/mol. The normalized spacial score (nSPS) is 12.7. The summed E-state index contributed by atoms with van der Waals surface area (Å²) in [5.41, 5.74) is 0. The van der Waals surface area contributed by atoms with E-state index in [-0.39, 0.29) is 31.1 Å². The zero-order valence-electron chi connectivity index (χ0n) is 52.1. The van der Waals surface area contributed by atoms with E-state index in [1.807, 2.05) is 0 Å². The number of rotatable bonds is 61. The molecule has 0 aliphatic carbocycles. The summed E-state index contributed by atoms with van der Waals surface area (Å²) in [6.45, 7) is 6.50. The van der Waals surface area contributed by atoms with E-state index in [2.05, 4.69) is 118 Å². The van der Waals surface area contributed by atoms with Gasteiger partial charge in [0.25, 0.3) is 0 Å². The fourth-order valence-corrected chi connectivity index (χ4v) is 9.54. The summed E-state index contributed by atoms with van der Waals surface area (Å²) in [6.07, 6.45) is 90.2. The van der Waals surface area contributed by atoms with Crippen molar-refractivity contribution in [2.45, 2.75) is 335 Å². The lowest BCUT2D eigenvalue weighted by atomic mass is 10.0. The third kappa shape index (κ3) is 65.0. The van der Waals surface area contributed by atoms with Crippen LogP contribution in [0.5, 0.6) is 0 Å². The van der Waals surface area contributed by atoms with Gasteiger partial charge >= 0.3 is 17.9 Å². The predicted octanol–water partition coefficient (Wildman–Crippen LogP) is 23.2. The van der Waals surface area contributed by atoms with E-state index in [1.165, 1.54) is 186 Å². The van der Waals surface area contributed by atoms with Crippen molar-refractivity contribution < 1.29 is 28.6 Å². The van der Waals surface area contributed by atoms with Crippen molar-refractivity contribution in [3.63, 3.8) is 0 Å². The van der Waals surface area contributed by atoms with Gasteiger partial charge in [-0.1, -0.05) is 304 Å². The van der Waals surface area contributed by atoms with Gasteiger partial charge in [0.15, 0.2) is 6.10 Å². The zero-order valence-corrected chi connectivity index (χ0v) is 52.1. The van der Waals surface area contributed by atoms with E-state index >= 15 is 0 Å². The molecular formula is C73H126O6. The van der Waals surface area contributed by atoms with Crippen LogP contribution in [0.1, 0.15) is 329 Å². The molecule has 79 heavy (non-hydrogen) atoms. The molecular weight excluding hydrogens is 973 g/mol. The van der Waals surface area contributed by atoms with E-state index in [0.29, 0.717) is 19.3 Å². The first-order chi connectivity index (χ1) is 39.0. The lowest BCUT2D eigenvalue weighted by Crippen LogP contribution is -2.30. The smallest absolute Gasteiger partial charge is 0.306 e. The summed E-state index contributed by atoms with van der Waals surface area (Å²) < 4.78 is 16.9. The number of hydrogen-bond acceptors (Lipinski definition) is 6. The quantitative estimate of drug-likeness (QED) is 0.0261. The van der Waals surface area contributed by atoms with Crippen LogP contribution in [0.25, 0.3) is 0 Å². The Morgan fingerprint density at radius 1 is 0.266 bits per heavy atom. The highest BCUT2D eigenvalue weighted by Gasteiger charge is 2.19. The number of carbonyl (C=O) groups excluding carboxylic acids is 3. The summed E-state index contributed by atoms with van der Waals surface area (Å²) in [4.78, 5) is 38.1. The van der Waals surface area contributed by atoms with Crippen LogP contribution in [0.15, 0.2) is 97.2 Å². The molecule has 0 aromatic carbocycles. The Labute approximate surface area is 489 Å². The minimum absolute atomic E-state index is 0.0757. The Morgan fingerprint density at radius 3 is 0.772 bits per heavy atom. The van der Waals surface area contributed by atoms with Crippen molar-refractivity contribution >= 4 is 17.9 Å². The molecule has 0 saturated carbocycles. The Hall–Kier alpha value is -3.67. The van der Waals surface area contributed by atoms with Crippen molar-refractivity contribution in [1.82, 2.24) is 0 Å². The average Bonchev–Trinajstić information content (AvgIpc) is 3.45. The Balaban J connectivity index is 4.10. The fourth-order valence-electron chi connectivity index (χ4n) is 9.54. The van der Waals surface area contributed by atoms with Crippen LogP contribution < -0.4 is 0 Å². The number of esters is 3. The molecule has 1 unspecified atom stereocenters. The molecule has 0 heterocycles. The third-order valence-corrected chi connectivity index (χ3v) is 14.6. The van der Waals surface area contributed by atoms with Gasteiger partial charge in [0.1, 0.15) is 13.2 Å². The average molecular weight is 1100 g/mol. The van der Waals surface area contributed by atoms with Gasteiger partial charge in [-0.3, -0.25) is 14.4 Å². The molecule has 1 atom stereocenters. The van der Waals surface area contributed by atoms with E-state index in [9.17, 15) is 14.4 Å².